The number of amides is 1. The molecular formula is C14H20ClN3O3. The fourth-order valence-corrected chi connectivity index (χ4v) is 1.91. The number of unbranched alkanes of at least 4 members (excludes halogenated alkanes) is 1. The third kappa shape index (κ3) is 5.99. The predicted octanol–water partition coefficient (Wildman–Crippen LogP) is 1.93. The molecule has 0 radical (unpaired) electrons. The molecule has 0 saturated heterocycles. The molecule has 0 aliphatic heterocycles. The Morgan fingerprint density at radius 2 is 2.19 bits per heavy atom. The molecule has 0 aromatic carbocycles. The molecular weight excluding hydrogens is 294 g/mol. The fraction of sp³-hybridized carbons (Fsp3) is 0.500. The molecule has 1 unspecified atom stereocenters. The first kappa shape index (κ1) is 17.2. The van der Waals surface area contributed by atoms with Crippen LogP contribution in [0.15, 0.2) is 18.3 Å². The number of rotatable bonds is 8. The number of carbonyl (C=O) groups excluding carboxylic acids is 1. The zero-order valence-corrected chi connectivity index (χ0v) is 12.9. The van der Waals surface area contributed by atoms with Gasteiger partial charge in [-0.05, 0) is 18.6 Å². The number of carboxylic acid groups (broad SMARTS) is 1. The van der Waals surface area contributed by atoms with Gasteiger partial charge in [-0.15, -0.1) is 0 Å². The van der Waals surface area contributed by atoms with Crippen molar-refractivity contribution in [1.29, 1.82) is 0 Å². The van der Waals surface area contributed by atoms with Crippen LogP contribution >= 0.6 is 11.6 Å². The molecule has 7 heteroatoms. The Labute approximate surface area is 129 Å². The second-order valence-corrected chi connectivity index (χ2v) is 5.23. The topological polar surface area (TPSA) is 82.5 Å². The van der Waals surface area contributed by atoms with Gasteiger partial charge < -0.3 is 15.3 Å². The molecule has 1 amide bonds. The molecule has 0 aliphatic carbocycles. The average Bonchev–Trinajstić information content (AvgIpc) is 2.43. The molecule has 2 N–H and O–H groups in total. The largest absolute Gasteiger partial charge is 0.480 e. The quantitative estimate of drug-likeness (QED) is 0.766. The minimum atomic E-state index is -1.01. The van der Waals surface area contributed by atoms with Gasteiger partial charge in [0, 0.05) is 13.2 Å². The number of carboxylic acids is 1. The van der Waals surface area contributed by atoms with Crippen molar-refractivity contribution in [2.75, 3.05) is 18.5 Å². The van der Waals surface area contributed by atoms with Gasteiger partial charge in [-0.3, -0.25) is 4.79 Å². The van der Waals surface area contributed by atoms with Crippen molar-refractivity contribution in [3.05, 3.63) is 23.4 Å². The fourth-order valence-electron chi connectivity index (χ4n) is 1.80. The van der Waals surface area contributed by atoms with E-state index in [2.05, 4.69) is 10.3 Å². The molecule has 0 spiro atoms. The lowest BCUT2D eigenvalue weighted by atomic mass is 10.1. The van der Waals surface area contributed by atoms with Crippen LogP contribution in [0.3, 0.4) is 0 Å². The number of nitrogens with zero attached hydrogens (tertiary/aromatic N) is 2. The molecule has 0 fully saturated rings. The predicted molar refractivity (Wildman–Crippen MR) is 81.6 cm³/mol. The lowest BCUT2D eigenvalue weighted by Crippen LogP contribution is -2.45. The smallest absolute Gasteiger partial charge is 0.326 e. The van der Waals surface area contributed by atoms with E-state index in [1.165, 1.54) is 6.20 Å². The normalized spacial score (nSPS) is 11.8. The molecule has 21 heavy (non-hydrogen) atoms. The highest BCUT2D eigenvalue weighted by Crippen LogP contribution is 2.12. The van der Waals surface area contributed by atoms with Crippen LogP contribution in [0.25, 0.3) is 0 Å². The molecule has 6 nitrogen and oxygen atoms in total. The first-order valence-corrected chi connectivity index (χ1v) is 7.16. The van der Waals surface area contributed by atoms with E-state index >= 15 is 0 Å². The highest BCUT2D eigenvalue weighted by Gasteiger charge is 2.20. The van der Waals surface area contributed by atoms with Gasteiger partial charge in [0.25, 0.3) is 0 Å². The van der Waals surface area contributed by atoms with E-state index in [1.54, 1.807) is 24.1 Å². The summed E-state index contributed by atoms with van der Waals surface area (Å²) in [4.78, 5) is 28.7. The van der Waals surface area contributed by atoms with E-state index in [1.807, 2.05) is 6.92 Å². The van der Waals surface area contributed by atoms with Crippen molar-refractivity contribution in [2.24, 2.45) is 0 Å². The van der Waals surface area contributed by atoms with E-state index in [-0.39, 0.29) is 12.5 Å². The number of aromatic nitrogens is 1. The molecule has 1 rings (SSSR count). The summed E-state index contributed by atoms with van der Waals surface area (Å²) in [6.45, 7) is 2.01. The van der Waals surface area contributed by atoms with Gasteiger partial charge in [0.1, 0.15) is 11.9 Å². The summed E-state index contributed by atoms with van der Waals surface area (Å²) in [7, 11) is 1.71. The van der Waals surface area contributed by atoms with Crippen molar-refractivity contribution >= 4 is 29.3 Å². The average molecular weight is 314 g/mol. The lowest BCUT2D eigenvalue weighted by molar-refractivity contribution is -0.141. The molecule has 0 saturated carbocycles. The van der Waals surface area contributed by atoms with E-state index < -0.39 is 12.0 Å². The van der Waals surface area contributed by atoms with Crippen LogP contribution in [-0.4, -0.2) is 41.6 Å². The minimum absolute atomic E-state index is 0.0323. The van der Waals surface area contributed by atoms with Gasteiger partial charge in [0.05, 0.1) is 11.6 Å². The number of hydrogen-bond acceptors (Lipinski definition) is 4. The summed E-state index contributed by atoms with van der Waals surface area (Å²) >= 11 is 5.75. The summed E-state index contributed by atoms with van der Waals surface area (Å²) < 4.78 is 0. The monoisotopic (exact) mass is 313 g/mol. The van der Waals surface area contributed by atoms with E-state index in [0.717, 1.165) is 12.8 Å². The Kier molecular flexibility index (Phi) is 6.94. The number of halogens is 1. The Morgan fingerprint density at radius 3 is 2.71 bits per heavy atom. The highest BCUT2D eigenvalue weighted by molar-refractivity contribution is 6.30. The summed E-state index contributed by atoms with van der Waals surface area (Å²) in [5, 5.41) is 12.1. The maximum atomic E-state index is 11.9. The van der Waals surface area contributed by atoms with Crippen LogP contribution in [0.5, 0.6) is 0 Å². The lowest BCUT2D eigenvalue weighted by Gasteiger charge is -2.20. The maximum Gasteiger partial charge on any atom is 0.326 e. The van der Waals surface area contributed by atoms with E-state index in [9.17, 15) is 9.59 Å². The number of carbonyl (C=O) groups is 2. The number of likely N-dealkylation sites (N-methyl/N-ethyl adjacent to an activating group) is 1. The Hall–Kier alpha value is -1.82. The third-order valence-corrected chi connectivity index (χ3v) is 3.19. The maximum absolute atomic E-state index is 11.9. The van der Waals surface area contributed by atoms with Crippen molar-refractivity contribution in [3.8, 4) is 0 Å². The molecule has 1 atom stereocenters. The van der Waals surface area contributed by atoms with Crippen LogP contribution in [0.4, 0.5) is 5.82 Å². The molecule has 1 aromatic heterocycles. The Bertz CT molecular complexity index is 479. The zero-order valence-electron chi connectivity index (χ0n) is 12.2. The van der Waals surface area contributed by atoms with Crippen LogP contribution in [0, 0.1) is 0 Å². The van der Waals surface area contributed by atoms with Gasteiger partial charge in [0.15, 0.2) is 0 Å². The first-order valence-electron chi connectivity index (χ1n) is 6.79. The van der Waals surface area contributed by atoms with Crippen molar-refractivity contribution < 1.29 is 14.7 Å². The van der Waals surface area contributed by atoms with Crippen molar-refractivity contribution in [1.82, 2.24) is 10.3 Å². The summed E-state index contributed by atoms with van der Waals surface area (Å²) in [6.07, 6.45) is 3.56. The standard InChI is InChI=1S/C14H20ClN3O3/c1-3-4-5-11(14(20)21)17-13(19)9-18(2)12-7-6-10(15)8-16-12/h6-8,11H,3-5,9H2,1-2H3,(H,17,19)(H,20,21). The van der Waals surface area contributed by atoms with Gasteiger partial charge in [-0.1, -0.05) is 31.4 Å². The van der Waals surface area contributed by atoms with Crippen molar-refractivity contribution in [3.63, 3.8) is 0 Å². The van der Waals surface area contributed by atoms with Crippen LogP contribution < -0.4 is 10.2 Å². The Morgan fingerprint density at radius 1 is 1.48 bits per heavy atom. The number of nitrogens with one attached hydrogen (secondary N) is 1. The third-order valence-electron chi connectivity index (χ3n) is 2.96. The van der Waals surface area contributed by atoms with E-state index in [0.29, 0.717) is 17.3 Å². The second kappa shape index (κ2) is 8.46. The van der Waals surface area contributed by atoms with Gasteiger partial charge in [0.2, 0.25) is 5.91 Å². The SMILES string of the molecule is CCCCC(NC(=O)CN(C)c1ccc(Cl)cn1)C(=O)O. The van der Waals surface area contributed by atoms with Gasteiger partial charge >= 0.3 is 5.97 Å². The Balaban J connectivity index is 2.54. The molecule has 1 aromatic rings. The number of hydrogen-bond donors (Lipinski definition) is 2. The van der Waals surface area contributed by atoms with Crippen LogP contribution in [0.2, 0.25) is 5.02 Å². The summed E-state index contributed by atoms with van der Waals surface area (Å²) in [5.41, 5.74) is 0. The second-order valence-electron chi connectivity index (χ2n) is 4.79. The molecule has 0 bridgehead atoms. The van der Waals surface area contributed by atoms with Gasteiger partial charge in [-0.2, -0.15) is 0 Å². The number of pyridine rings is 1. The minimum Gasteiger partial charge on any atom is -0.480 e. The summed E-state index contributed by atoms with van der Waals surface area (Å²) in [6, 6.07) is 2.53. The van der Waals surface area contributed by atoms with Crippen LogP contribution in [0.1, 0.15) is 26.2 Å². The molecule has 116 valence electrons. The number of anilines is 1. The first-order chi connectivity index (χ1) is 9.93. The molecule has 1 heterocycles. The van der Waals surface area contributed by atoms with Gasteiger partial charge in [-0.25, -0.2) is 9.78 Å². The van der Waals surface area contributed by atoms with Crippen LogP contribution in [-0.2, 0) is 9.59 Å². The van der Waals surface area contributed by atoms with E-state index in [4.69, 9.17) is 16.7 Å². The number of aliphatic carboxylic acids is 1. The zero-order chi connectivity index (χ0) is 15.8. The highest BCUT2D eigenvalue weighted by atomic mass is 35.5. The molecule has 0 aliphatic rings. The van der Waals surface area contributed by atoms with Crippen molar-refractivity contribution in [2.45, 2.75) is 32.2 Å². The summed E-state index contributed by atoms with van der Waals surface area (Å²) in [5.74, 6) is -0.767.